The van der Waals surface area contributed by atoms with E-state index >= 15 is 0 Å². The van der Waals surface area contributed by atoms with Crippen molar-refractivity contribution in [1.82, 2.24) is 9.29 Å². The quantitative estimate of drug-likeness (QED) is 0.812. The first-order valence-corrected chi connectivity index (χ1v) is 9.38. The number of carbonyl (C=O) groups is 1. The van der Waals surface area contributed by atoms with Crippen molar-refractivity contribution in [2.75, 3.05) is 18.1 Å². The molecule has 1 aromatic carbocycles. The second-order valence-electron chi connectivity index (χ2n) is 5.41. The van der Waals surface area contributed by atoms with Crippen molar-refractivity contribution in [2.24, 2.45) is 0 Å². The molecule has 1 N–H and O–H groups in total. The molecule has 0 radical (unpaired) electrons. The molecule has 2 aromatic rings. The van der Waals surface area contributed by atoms with Crippen LogP contribution in [0.2, 0.25) is 0 Å². The van der Waals surface area contributed by atoms with Gasteiger partial charge < -0.3 is 5.32 Å². The summed E-state index contributed by atoms with van der Waals surface area (Å²) in [7, 11) is -3.46. The summed E-state index contributed by atoms with van der Waals surface area (Å²) >= 11 is 0. The van der Waals surface area contributed by atoms with Crippen LogP contribution in [-0.4, -0.2) is 36.4 Å². The highest BCUT2D eigenvalue weighted by Gasteiger charge is 2.18. The van der Waals surface area contributed by atoms with E-state index in [2.05, 4.69) is 10.3 Å². The Morgan fingerprint density at radius 1 is 1.24 bits per heavy atom. The van der Waals surface area contributed by atoms with Gasteiger partial charge in [-0.2, -0.15) is 9.57 Å². The fourth-order valence-electron chi connectivity index (χ4n) is 2.18. The summed E-state index contributed by atoms with van der Waals surface area (Å²) in [6.45, 7) is 0.213. The third kappa shape index (κ3) is 5.67. The van der Waals surface area contributed by atoms with Crippen LogP contribution in [0.4, 0.5) is 5.69 Å². The number of nitrogens with zero attached hydrogens (tertiary/aromatic N) is 3. The van der Waals surface area contributed by atoms with Gasteiger partial charge in [0.1, 0.15) is 6.07 Å². The van der Waals surface area contributed by atoms with E-state index in [0.717, 1.165) is 11.8 Å². The van der Waals surface area contributed by atoms with Gasteiger partial charge in [0.05, 0.1) is 17.5 Å². The number of rotatable bonds is 7. The zero-order valence-electron chi connectivity index (χ0n) is 13.7. The molecular formula is C17H18N4O3S. The van der Waals surface area contributed by atoms with E-state index in [-0.39, 0.29) is 25.4 Å². The van der Waals surface area contributed by atoms with E-state index in [1.165, 1.54) is 4.31 Å². The molecule has 0 aliphatic carbocycles. The number of hydrogen-bond donors (Lipinski definition) is 1. The summed E-state index contributed by atoms with van der Waals surface area (Å²) in [6.07, 6.45) is 4.26. The monoisotopic (exact) mass is 358 g/mol. The number of para-hydroxylation sites is 1. The second kappa shape index (κ2) is 8.37. The number of nitrogens with one attached hydrogen (secondary N) is 1. The van der Waals surface area contributed by atoms with Crippen molar-refractivity contribution < 1.29 is 13.2 Å². The van der Waals surface area contributed by atoms with Gasteiger partial charge in [-0.15, -0.1) is 0 Å². The average Bonchev–Trinajstić information content (AvgIpc) is 2.59. The number of anilines is 1. The summed E-state index contributed by atoms with van der Waals surface area (Å²) in [4.78, 5) is 16.0. The maximum absolute atomic E-state index is 12.1. The number of hydrogen-bond acceptors (Lipinski definition) is 5. The number of pyridine rings is 1. The normalized spacial score (nSPS) is 11.1. The molecule has 0 fully saturated rings. The van der Waals surface area contributed by atoms with Crippen LogP contribution in [-0.2, 0) is 21.4 Å². The van der Waals surface area contributed by atoms with E-state index in [9.17, 15) is 13.2 Å². The van der Waals surface area contributed by atoms with Crippen molar-refractivity contribution in [1.29, 1.82) is 5.26 Å². The predicted octanol–water partition coefficient (Wildman–Crippen LogP) is 1.74. The number of benzene rings is 1. The van der Waals surface area contributed by atoms with Crippen LogP contribution in [0.1, 0.15) is 17.5 Å². The van der Waals surface area contributed by atoms with Crippen LogP contribution >= 0.6 is 0 Å². The van der Waals surface area contributed by atoms with Crippen molar-refractivity contribution in [3.05, 3.63) is 59.9 Å². The zero-order chi connectivity index (χ0) is 18.3. The molecule has 1 amide bonds. The smallest absolute Gasteiger partial charge is 0.225 e. The van der Waals surface area contributed by atoms with Crippen LogP contribution in [0.15, 0.2) is 48.8 Å². The third-order valence-electron chi connectivity index (χ3n) is 3.49. The molecule has 0 unspecified atom stereocenters. The van der Waals surface area contributed by atoms with Crippen molar-refractivity contribution in [2.45, 2.75) is 13.0 Å². The minimum atomic E-state index is -3.46. The Hall–Kier alpha value is -2.76. The van der Waals surface area contributed by atoms with Gasteiger partial charge in [-0.05, 0) is 29.8 Å². The summed E-state index contributed by atoms with van der Waals surface area (Å²) in [5.74, 6) is -0.355. The largest absolute Gasteiger partial charge is 0.325 e. The Bertz CT molecular complexity index is 876. The van der Waals surface area contributed by atoms with Gasteiger partial charge in [0, 0.05) is 31.9 Å². The van der Waals surface area contributed by atoms with Crippen LogP contribution in [0, 0.1) is 11.3 Å². The lowest BCUT2D eigenvalue weighted by molar-refractivity contribution is -0.116. The van der Waals surface area contributed by atoms with Gasteiger partial charge in [0.2, 0.25) is 15.9 Å². The predicted molar refractivity (Wildman–Crippen MR) is 93.9 cm³/mol. The Morgan fingerprint density at radius 2 is 1.92 bits per heavy atom. The standard InChI is InChI=1S/C17H18N4O3S/c1-25(23,24)21(13-14-6-9-19-10-7-14)11-8-17(22)20-16-5-3-2-4-15(16)12-18/h2-7,9-10H,8,11,13H2,1H3,(H,20,22). The van der Waals surface area contributed by atoms with Gasteiger partial charge in [0.15, 0.2) is 0 Å². The van der Waals surface area contributed by atoms with Gasteiger partial charge >= 0.3 is 0 Å². The number of amides is 1. The Labute approximate surface area is 147 Å². The molecule has 0 saturated carbocycles. The molecule has 1 heterocycles. The number of sulfonamides is 1. The number of carbonyl (C=O) groups excluding carboxylic acids is 1. The molecule has 25 heavy (non-hydrogen) atoms. The van der Waals surface area contributed by atoms with Crippen LogP contribution in [0.25, 0.3) is 0 Å². The van der Waals surface area contributed by atoms with E-state index in [4.69, 9.17) is 5.26 Å². The first-order valence-electron chi connectivity index (χ1n) is 7.53. The fourth-order valence-corrected chi connectivity index (χ4v) is 2.99. The highest BCUT2D eigenvalue weighted by atomic mass is 32.2. The summed E-state index contributed by atoms with van der Waals surface area (Å²) in [5.41, 5.74) is 1.55. The van der Waals surface area contributed by atoms with E-state index in [1.807, 2.05) is 6.07 Å². The summed E-state index contributed by atoms with van der Waals surface area (Å²) in [6, 6.07) is 12.1. The maximum atomic E-state index is 12.1. The molecule has 0 aliphatic rings. The number of nitriles is 1. The van der Waals surface area contributed by atoms with Crippen molar-refractivity contribution >= 4 is 21.6 Å². The summed E-state index contributed by atoms with van der Waals surface area (Å²) < 4.78 is 25.1. The summed E-state index contributed by atoms with van der Waals surface area (Å²) in [5, 5.41) is 11.7. The first-order chi connectivity index (χ1) is 11.9. The van der Waals surface area contributed by atoms with Gasteiger partial charge in [-0.1, -0.05) is 12.1 Å². The third-order valence-corrected chi connectivity index (χ3v) is 4.74. The molecule has 2 rings (SSSR count). The topological polar surface area (TPSA) is 103 Å². The minimum absolute atomic E-state index is 0.0160. The van der Waals surface area contributed by atoms with Crippen LogP contribution < -0.4 is 5.32 Å². The SMILES string of the molecule is CS(=O)(=O)N(CCC(=O)Nc1ccccc1C#N)Cc1ccncc1. The molecule has 0 atom stereocenters. The molecule has 1 aromatic heterocycles. The first kappa shape index (κ1) is 18.6. The second-order valence-corrected chi connectivity index (χ2v) is 7.39. The molecule has 7 nitrogen and oxygen atoms in total. The Balaban J connectivity index is 2.00. The van der Waals surface area contributed by atoms with E-state index < -0.39 is 10.0 Å². The lowest BCUT2D eigenvalue weighted by Crippen LogP contribution is -2.32. The fraction of sp³-hybridized carbons (Fsp3) is 0.235. The van der Waals surface area contributed by atoms with E-state index in [1.54, 1.807) is 48.8 Å². The van der Waals surface area contributed by atoms with Gasteiger partial charge in [-0.3, -0.25) is 9.78 Å². The minimum Gasteiger partial charge on any atom is -0.325 e. The Kier molecular flexibility index (Phi) is 6.22. The van der Waals surface area contributed by atoms with Crippen molar-refractivity contribution in [3.63, 3.8) is 0 Å². The van der Waals surface area contributed by atoms with Gasteiger partial charge in [0.25, 0.3) is 0 Å². The highest BCUT2D eigenvalue weighted by Crippen LogP contribution is 2.14. The maximum Gasteiger partial charge on any atom is 0.225 e. The molecule has 8 heteroatoms. The molecule has 0 saturated heterocycles. The molecule has 130 valence electrons. The Morgan fingerprint density at radius 3 is 2.56 bits per heavy atom. The van der Waals surface area contributed by atoms with Gasteiger partial charge in [-0.25, -0.2) is 8.42 Å². The zero-order valence-corrected chi connectivity index (χ0v) is 14.5. The van der Waals surface area contributed by atoms with E-state index in [0.29, 0.717) is 11.3 Å². The molecule has 0 spiro atoms. The lowest BCUT2D eigenvalue weighted by atomic mass is 10.2. The lowest BCUT2D eigenvalue weighted by Gasteiger charge is -2.19. The molecular weight excluding hydrogens is 340 g/mol. The van der Waals surface area contributed by atoms with Crippen molar-refractivity contribution in [3.8, 4) is 6.07 Å². The average molecular weight is 358 g/mol. The van der Waals surface area contributed by atoms with Crippen LogP contribution in [0.3, 0.4) is 0 Å². The highest BCUT2D eigenvalue weighted by molar-refractivity contribution is 7.88. The van der Waals surface area contributed by atoms with Crippen LogP contribution in [0.5, 0.6) is 0 Å². The number of aromatic nitrogens is 1. The molecule has 0 aliphatic heterocycles. The molecule has 0 bridgehead atoms.